The van der Waals surface area contributed by atoms with Gasteiger partial charge in [0.15, 0.2) is 0 Å². The highest BCUT2D eigenvalue weighted by Crippen LogP contribution is 2.22. The summed E-state index contributed by atoms with van der Waals surface area (Å²) >= 11 is 0. The molecule has 0 radical (unpaired) electrons. The number of aryl methyl sites for hydroxylation is 2. The number of carbonyl (C=O) groups excluding carboxylic acids is 1. The summed E-state index contributed by atoms with van der Waals surface area (Å²) in [5.74, 6) is -1.28. The van der Waals surface area contributed by atoms with Crippen molar-refractivity contribution < 1.29 is 19.4 Å². The molecule has 0 bridgehead atoms. The van der Waals surface area contributed by atoms with E-state index in [1.807, 2.05) is 6.92 Å². The minimum atomic E-state index is -1.06. The minimum absolute atomic E-state index is 0.0437. The quantitative estimate of drug-likeness (QED) is 0.896. The molecular weight excluding hydrogens is 258 g/mol. The second-order valence-corrected chi connectivity index (χ2v) is 5.18. The van der Waals surface area contributed by atoms with Gasteiger partial charge in [0, 0.05) is 6.54 Å². The molecule has 1 aliphatic rings. The lowest BCUT2D eigenvalue weighted by Gasteiger charge is -2.34. The van der Waals surface area contributed by atoms with Gasteiger partial charge in [-0.05, 0) is 31.9 Å². The lowest BCUT2D eigenvalue weighted by atomic mass is 9.95. The van der Waals surface area contributed by atoms with Crippen LogP contribution in [0.1, 0.15) is 38.8 Å². The number of amides is 1. The molecule has 0 aliphatic carbocycles. The summed E-state index contributed by atoms with van der Waals surface area (Å²) in [7, 11) is 0. The molecule has 0 aromatic heterocycles. The molecule has 2 rings (SSSR count). The molecule has 1 atom stereocenters. The number of hydrogen-bond donors (Lipinski definition) is 1. The van der Waals surface area contributed by atoms with E-state index in [1.54, 1.807) is 30.9 Å². The third-order valence-corrected chi connectivity index (χ3v) is 3.68. The highest BCUT2D eigenvalue weighted by Gasteiger charge is 2.29. The van der Waals surface area contributed by atoms with E-state index in [9.17, 15) is 14.7 Å². The molecule has 1 aromatic rings. The summed E-state index contributed by atoms with van der Waals surface area (Å²) < 4.78 is 5.32. The molecule has 1 N–H and O–H groups in total. The third-order valence-electron chi connectivity index (χ3n) is 3.68. The summed E-state index contributed by atoms with van der Waals surface area (Å²) in [5, 5.41) is 9.39. The number of carboxylic acids is 1. The zero-order valence-electron chi connectivity index (χ0n) is 12.0. The third kappa shape index (κ3) is 2.54. The Bertz CT molecular complexity index is 553. The molecule has 0 saturated carbocycles. The van der Waals surface area contributed by atoms with Crippen LogP contribution in [0.3, 0.4) is 0 Å². The van der Waals surface area contributed by atoms with Crippen molar-refractivity contribution >= 4 is 11.9 Å². The number of rotatable bonds is 2. The van der Waals surface area contributed by atoms with Crippen molar-refractivity contribution in [2.24, 2.45) is 0 Å². The molecule has 1 heterocycles. The van der Waals surface area contributed by atoms with E-state index in [4.69, 9.17) is 4.74 Å². The summed E-state index contributed by atoms with van der Waals surface area (Å²) in [5.41, 5.74) is 1.70. The smallest absolute Gasteiger partial charge is 0.336 e. The Morgan fingerprint density at radius 2 is 1.85 bits per heavy atom. The predicted octanol–water partition coefficient (Wildman–Crippen LogP) is 1.86. The van der Waals surface area contributed by atoms with Crippen LogP contribution in [0.2, 0.25) is 0 Å². The van der Waals surface area contributed by atoms with Crippen molar-refractivity contribution in [1.29, 1.82) is 0 Å². The highest BCUT2D eigenvalue weighted by atomic mass is 16.5. The molecule has 1 aliphatic heterocycles. The van der Waals surface area contributed by atoms with Crippen LogP contribution in [-0.4, -0.2) is 47.7 Å². The van der Waals surface area contributed by atoms with Crippen LogP contribution < -0.4 is 0 Å². The maximum Gasteiger partial charge on any atom is 0.336 e. The molecule has 1 saturated heterocycles. The molecule has 20 heavy (non-hydrogen) atoms. The zero-order valence-corrected chi connectivity index (χ0v) is 12.0. The summed E-state index contributed by atoms with van der Waals surface area (Å²) in [6.07, 6.45) is 0. The van der Waals surface area contributed by atoms with Crippen molar-refractivity contribution in [3.05, 3.63) is 34.4 Å². The molecular formula is C15H19NO4. The molecule has 1 amide bonds. The standard InChI is InChI=1S/C15H19NO4/c1-9-4-5-10(2)13(15(18)19)12(9)14(17)16-6-7-20-8-11(16)3/h4-5,11H,6-8H2,1-3H3,(H,18,19)/t11-/m1/s1. The lowest BCUT2D eigenvalue weighted by Crippen LogP contribution is -2.47. The van der Waals surface area contributed by atoms with Crippen LogP contribution in [0.15, 0.2) is 12.1 Å². The summed E-state index contributed by atoms with van der Waals surface area (Å²) in [6, 6.07) is 3.48. The van der Waals surface area contributed by atoms with E-state index in [2.05, 4.69) is 0 Å². The first-order valence-corrected chi connectivity index (χ1v) is 6.65. The van der Waals surface area contributed by atoms with Gasteiger partial charge in [-0.1, -0.05) is 12.1 Å². The van der Waals surface area contributed by atoms with E-state index in [0.29, 0.717) is 36.4 Å². The van der Waals surface area contributed by atoms with E-state index in [-0.39, 0.29) is 17.5 Å². The summed E-state index contributed by atoms with van der Waals surface area (Å²) in [4.78, 5) is 25.9. The van der Waals surface area contributed by atoms with Gasteiger partial charge in [0.1, 0.15) is 0 Å². The van der Waals surface area contributed by atoms with Crippen molar-refractivity contribution in [1.82, 2.24) is 4.90 Å². The first-order chi connectivity index (χ1) is 9.43. The maximum atomic E-state index is 12.7. The van der Waals surface area contributed by atoms with Gasteiger partial charge in [-0.25, -0.2) is 4.79 Å². The second kappa shape index (κ2) is 5.63. The van der Waals surface area contributed by atoms with Crippen LogP contribution in [-0.2, 0) is 4.74 Å². The van der Waals surface area contributed by atoms with Gasteiger partial charge < -0.3 is 14.7 Å². The number of aromatic carboxylic acids is 1. The number of morpholine rings is 1. The zero-order chi connectivity index (χ0) is 14.9. The first-order valence-electron chi connectivity index (χ1n) is 6.65. The molecule has 5 heteroatoms. The first kappa shape index (κ1) is 14.5. The molecule has 0 spiro atoms. The number of carbonyl (C=O) groups is 2. The molecule has 5 nitrogen and oxygen atoms in total. The number of nitrogens with zero attached hydrogens (tertiary/aromatic N) is 1. The van der Waals surface area contributed by atoms with Gasteiger partial charge in [0.2, 0.25) is 0 Å². The van der Waals surface area contributed by atoms with Gasteiger partial charge >= 0.3 is 5.97 Å². The molecule has 1 aromatic carbocycles. The number of benzene rings is 1. The second-order valence-electron chi connectivity index (χ2n) is 5.18. The Labute approximate surface area is 118 Å². The number of hydrogen-bond acceptors (Lipinski definition) is 3. The topological polar surface area (TPSA) is 66.8 Å². The van der Waals surface area contributed by atoms with E-state index < -0.39 is 5.97 Å². The van der Waals surface area contributed by atoms with Crippen molar-refractivity contribution in [3.8, 4) is 0 Å². The van der Waals surface area contributed by atoms with Crippen molar-refractivity contribution in [3.63, 3.8) is 0 Å². The van der Waals surface area contributed by atoms with Crippen LogP contribution >= 0.6 is 0 Å². The van der Waals surface area contributed by atoms with E-state index in [0.717, 1.165) is 0 Å². The molecule has 108 valence electrons. The predicted molar refractivity (Wildman–Crippen MR) is 74.2 cm³/mol. The average molecular weight is 277 g/mol. The van der Waals surface area contributed by atoms with Crippen LogP contribution in [0, 0.1) is 13.8 Å². The van der Waals surface area contributed by atoms with Crippen LogP contribution in [0.4, 0.5) is 0 Å². The fourth-order valence-corrected chi connectivity index (χ4v) is 2.53. The highest BCUT2D eigenvalue weighted by molar-refractivity contribution is 6.06. The van der Waals surface area contributed by atoms with Crippen LogP contribution in [0.5, 0.6) is 0 Å². The SMILES string of the molecule is Cc1ccc(C)c(C(=O)N2CCOC[C@H]2C)c1C(=O)O. The van der Waals surface area contributed by atoms with Crippen molar-refractivity contribution in [2.45, 2.75) is 26.8 Å². The largest absolute Gasteiger partial charge is 0.478 e. The fraction of sp³-hybridized carbons (Fsp3) is 0.467. The van der Waals surface area contributed by atoms with Crippen molar-refractivity contribution in [2.75, 3.05) is 19.8 Å². The van der Waals surface area contributed by atoms with Gasteiger partial charge in [-0.3, -0.25) is 4.79 Å². The van der Waals surface area contributed by atoms with E-state index >= 15 is 0 Å². The van der Waals surface area contributed by atoms with Gasteiger partial charge in [0.05, 0.1) is 30.4 Å². The Hall–Kier alpha value is -1.88. The molecule has 0 unspecified atom stereocenters. The summed E-state index contributed by atoms with van der Waals surface area (Å²) in [6.45, 7) is 6.85. The molecule has 1 fully saturated rings. The minimum Gasteiger partial charge on any atom is -0.478 e. The lowest BCUT2D eigenvalue weighted by molar-refractivity contribution is 0.00341. The Kier molecular flexibility index (Phi) is 4.09. The Morgan fingerprint density at radius 1 is 1.25 bits per heavy atom. The fourth-order valence-electron chi connectivity index (χ4n) is 2.53. The van der Waals surface area contributed by atoms with E-state index in [1.165, 1.54) is 0 Å². The number of ether oxygens (including phenoxy) is 1. The number of carboxylic acid groups (broad SMARTS) is 1. The van der Waals surface area contributed by atoms with Crippen LogP contribution in [0.25, 0.3) is 0 Å². The van der Waals surface area contributed by atoms with Gasteiger partial charge in [-0.15, -0.1) is 0 Å². The monoisotopic (exact) mass is 277 g/mol. The Morgan fingerprint density at radius 3 is 2.40 bits per heavy atom. The van der Waals surface area contributed by atoms with Gasteiger partial charge in [0.25, 0.3) is 5.91 Å². The normalized spacial score (nSPS) is 18.9. The van der Waals surface area contributed by atoms with Gasteiger partial charge in [-0.2, -0.15) is 0 Å². The maximum absolute atomic E-state index is 12.7. The average Bonchev–Trinajstić information content (AvgIpc) is 2.40. The Balaban J connectivity index is 2.48.